The van der Waals surface area contributed by atoms with E-state index in [0.29, 0.717) is 0 Å². The van der Waals surface area contributed by atoms with Crippen molar-refractivity contribution in [3.8, 4) is 0 Å². The van der Waals surface area contributed by atoms with E-state index < -0.39 is 0 Å². The molecule has 2 atom stereocenters. The van der Waals surface area contributed by atoms with Gasteiger partial charge in [-0.05, 0) is 77.0 Å². The van der Waals surface area contributed by atoms with Gasteiger partial charge in [0.25, 0.3) is 0 Å². The summed E-state index contributed by atoms with van der Waals surface area (Å²) in [5.74, 6) is 0. The second-order valence-corrected chi connectivity index (χ2v) is 12.6. The minimum absolute atomic E-state index is 0.238. The van der Waals surface area contributed by atoms with Crippen molar-refractivity contribution in [3.63, 3.8) is 0 Å². The number of hydrogen-bond donors (Lipinski definition) is 1. The van der Waals surface area contributed by atoms with Crippen molar-refractivity contribution in [1.82, 2.24) is 5.32 Å². The van der Waals surface area contributed by atoms with Crippen LogP contribution in [0.2, 0.25) is 0 Å². The molecule has 250 valence electrons. The number of unbranched alkanes of at least 4 members (excludes halogenated alkanes) is 18. The fraction of sp³-hybridized carbons (Fsp3) is 0.800. The van der Waals surface area contributed by atoms with Crippen LogP contribution in [0.5, 0.6) is 0 Å². The Hall–Kier alpha value is -1.16. The first-order valence-corrected chi connectivity index (χ1v) is 18.9. The zero-order chi connectivity index (χ0) is 30.7. The van der Waals surface area contributed by atoms with Gasteiger partial charge in [0, 0.05) is 26.3 Å². The van der Waals surface area contributed by atoms with Crippen LogP contribution in [0.3, 0.4) is 0 Å². The van der Waals surface area contributed by atoms with E-state index in [4.69, 9.17) is 9.47 Å². The predicted octanol–water partition coefficient (Wildman–Crippen LogP) is 12.0. The molecule has 3 heteroatoms. The second kappa shape index (κ2) is 33.7. The molecule has 1 fully saturated rings. The smallest absolute Gasteiger partial charge is 0.0973 e. The molecule has 1 aliphatic rings. The summed E-state index contributed by atoms with van der Waals surface area (Å²) in [6, 6.07) is 0. The third kappa shape index (κ3) is 28.1. The van der Waals surface area contributed by atoms with Crippen LogP contribution in [0.1, 0.15) is 168 Å². The molecule has 0 radical (unpaired) electrons. The van der Waals surface area contributed by atoms with Crippen molar-refractivity contribution in [2.75, 3.05) is 26.3 Å². The maximum atomic E-state index is 6.21. The van der Waals surface area contributed by atoms with Gasteiger partial charge in [-0.3, -0.25) is 0 Å². The normalized spacial score (nSPS) is 17.6. The van der Waals surface area contributed by atoms with E-state index in [9.17, 15) is 0 Å². The highest BCUT2D eigenvalue weighted by Gasteiger charge is 2.28. The number of rotatable bonds is 32. The maximum absolute atomic E-state index is 6.21. The van der Waals surface area contributed by atoms with Crippen molar-refractivity contribution in [3.05, 3.63) is 48.6 Å². The van der Waals surface area contributed by atoms with Gasteiger partial charge in [0.2, 0.25) is 0 Å². The summed E-state index contributed by atoms with van der Waals surface area (Å²) >= 11 is 0. The molecular formula is C40H73NO2. The molecule has 0 aliphatic carbocycles. The molecular weight excluding hydrogens is 526 g/mol. The highest BCUT2D eigenvalue weighted by molar-refractivity contribution is 4.93. The molecule has 0 aromatic heterocycles. The van der Waals surface area contributed by atoms with Crippen LogP contribution >= 0.6 is 0 Å². The van der Waals surface area contributed by atoms with E-state index in [1.54, 1.807) is 0 Å². The fourth-order valence-electron chi connectivity index (χ4n) is 5.61. The van der Waals surface area contributed by atoms with E-state index >= 15 is 0 Å². The number of nitrogens with one attached hydrogen (secondary N) is 1. The monoisotopic (exact) mass is 600 g/mol. The molecule has 1 unspecified atom stereocenters. The topological polar surface area (TPSA) is 30.5 Å². The summed E-state index contributed by atoms with van der Waals surface area (Å²) in [7, 11) is 0. The Bertz CT molecular complexity index is 611. The second-order valence-electron chi connectivity index (χ2n) is 12.6. The summed E-state index contributed by atoms with van der Waals surface area (Å²) in [6.07, 6.45) is 50.1. The van der Waals surface area contributed by atoms with Gasteiger partial charge in [0.15, 0.2) is 0 Å². The van der Waals surface area contributed by atoms with Crippen LogP contribution in [0.25, 0.3) is 0 Å². The Morgan fingerprint density at radius 3 is 1.12 bits per heavy atom. The molecule has 3 nitrogen and oxygen atoms in total. The van der Waals surface area contributed by atoms with Crippen LogP contribution in [0, 0.1) is 0 Å². The van der Waals surface area contributed by atoms with E-state index in [1.807, 2.05) is 0 Å². The van der Waals surface area contributed by atoms with Crippen molar-refractivity contribution < 1.29 is 9.47 Å². The Morgan fingerprint density at radius 1 is 0.419 bits per heavy atom. The zero-order valence-corrected chi connectivity index (χ0v) is 28.9. The minimum Gasteiger partial charge on any atom is -0.374 e. The molecule has 1 saturated heterocycles. The summed E-state index contributed by atoms with van der Waals surface area (Å²) in [5.41, 5.74) is 0. The summed E-state index contributed by atoms with van der Waals surface area (Å²) in [4.78, 5) is 0. The van der Waals surface area contributed by atoms with E-state index in [0.717, 1.165) is 39.1 Å². The Balaban J connectivity index is 1.85. The third-order valence-electron chi connectivity index (χ3n) is 8.46. The van der Waals surface area contributed by atoms with E-state index in [1.165, 1.54) is 141 Å². The fourth-order valence-corrected chi connectivity index (χ4v) is 5.61. The average Bonchev–Trinajstić information content (AvgIpc) is 3.47. The molecule has 1 rings (SSSR count). The van der Waals surface area contributed by atoms with Crippen LogP contribution in [-0.2, 0) is 9.47 Å². The van der Waals surface area contributed by atoms with Crippen LogP contribution < -0.4 is 5.32 Å². The van der Waals surface area contributed by atoms with Crippen LogP contribution in [-0.4, -0.2) is 38.5 Å². The third-order valence-corrected chi connectivity index (χ3v) is 8.46. The zero-order valence-electron chi connectivity index (χ0n) is 28.9. The SMILES string of the molecule is CCCCCC=CCC=CCCCCCCCCOC1CNC[C@@H]1OCCCCCCCCC=CCC=CCCCCC. The Labute approximate surface area is 269 Å². The summed E-state index contributed by atoms with van der Waals surface area (Å²) in [5, 5.41) is 3.47. The van der Waals surface area contributed by atoms with Gasteiger partial charge in [-0.15, -0.1) is 0 Å². The number of hydrogen-bond acceptors (Lipinski definition) is 3. The lowest BCUT2D eigenvalue weighted by Gasteiger charge is -2.20. The van der Waals surface area contributed by atoms with Gasteiger partial charge in [-0.2, -0.15) is 0 Å². The molecule has 0 amide bonds. The van der Waals surface area contributed by atoms with E-state index in [-0.39, 0.29) is 12.2 Å². The average molecular weight is 600 g/mol. The van der Waals surface area contributed by atoms with Crippen LogP contribution in [0.15, 0.2) is 48.6 Å². The van der Waals surface area contributed by atoms with Gasteiger partial charge >= 0.3 is 0 Å². The predicted molar refractivity (Wildman–Crippen MR) is 191 cm³/mol. The Morgan fingerprint density at radius 2 is 0.744 bits per heavy atom. The standard InChI is InChI=1S/C40H73NO2/c1-3-5-7-9-11-13-15-17-19-21-23-25-27-29-31-33-35-42-39-37-41-38-40(39)43-36-34-32-30-28-26-24-22-20-18-16-14-12-10-8-6-4-2/h11-14,17-20,39-41H,3-10,15-16,21-38H2,1-2H3/t39-,40?/m0/s1. The first-order chi connectivity index (χ1) is 21.4. The van der Waals surface area contributed by atoms with Crippen molar-refractivity contribution in [1.29, 1.82) is 0 Å². The number of allylic oxidation sites excluding steroid dienone is 8. The maximum Gasteiger partial charge on any atom is 0.0973 e. The van der Waals surface area contributed by atoms with E-state index in [2.05, 4.69) is 67.8 Å². The quantitative estimate of drug-likeness (QED) is 0.0616. The highest BCUT2D eigenvalue weighted by atomic mass is 16.5. The van der Waals surface area contributed by atoms with Crippen LogP contribution in [0.4, 0.5) is 0 Å². The minimum atomic E-state index is 0.238. The van der Waals surface area contributed by atoms with Crippen molar-refractivity contribution >= 4 is 0 Å². The van der Waals surface area contributed by atoms with Gasteiger partial charge in [0.05, 0.1) is 12.2 Å². The lowest BCUT2D eigenvalue weighted by atomic mass is 10.1. The molecule has 43 heavy (non-hydrogen) atoms. The van der Waals surface area contributed by atoms with Gasteiger partial charge < -0.3 is 14.8 Å². The molecule has 0 aromatic carbocycles. The first-order valence-electron chi connectivity index (χ1n) is 18.9. The largest absolute Gasteiger partial charge is 0.374 e. The molecule has 1 aliphatic heterocycles. The van der Waals surface area contributed by atoms with Gasteiger partial charge in [-0.1, -0.05) is 140 Å². The molecule has 0 aromatic rings. The highest BCUT2D eigenvalue weighted by Crippen LogP contribution is 2.14. The summed E-state index contributed by atoms with van der Waals surface area (Å²) < 4.78 is 12.4. The van der Waals surface area contributed by atoms with Crippen molar-refractivity contribution in [2.24, 2.45) is 0 Å². The lowest BCUT2D eigenvalue weighted by Crippen LogP contribution is -2.30. The molecule has 0 saturated carbocycles. The molecule has 0 spiro atoms. The summed E-state index contributed by atoms with van der Waals surface area (Å²) in [6.45, 7) is 8.17. The van der Waals surface area contributed by atoms with Gasteiger partial charge in [0.1, 0.15) is 0 Å². The Kier molecular flexibility index (Phi) is 31.3. The molecule has 1 N–H and O–H groups in total. The lowest BCUT2D eigenvalue weighted by molar-refractivity contribution is -0.0481. The van der Waals surface area contributed by atoms with Gasteiger partial charge in [-0.25, -0.2) is 0 Å². The van der Waals surface area contributed by atoms with Crippen molar-refractivity contribution in [2.45, 2.75) is 180 Å². The first kappa shape index (κ1) is 39.9. The number of ether oxygens (including phenoxy) is 2. The molecule has 1 heterocycles. The molecule has 0 bridgehead atoms.